The highest BCUT2D eigenvalue weighted by molar-refractivity contribution is 5.93. The standard InChI is InChI=1S/C21H26N4O2/c1-23-10-9-17(22-23)21(26)25-13-16(15-5-3-4-6-18(15)27-2)20-19(25)14-7-11-24(20)12-8-14/h3-6,9-10,14,16,19-20H,7-8,11-13H2,1-2H3/t16-,19+,20+/m0/s1. The largest absolute Gasteiger partial charge is 0.496 e. The number of aryl methyl sites for hydroxylation is 1. The van der Waals surface area contributed by atoms with E-state index < -0.39 is 0 Å². The van der Waals surface area contributed by atoms with Crippen LogP contribution in [0.3, 0.4) is 0 Å². The number of hydrogen-bond acceptors (Lipinski definition) is 4. The lowest BCUT2D eigenvalue weighted by atomic mass is 9.75. The number of methoxy groups -OCH3 is 1. The molecule has 2 aromatic rings. The summed E-state index contributed by atoms with van der Waals surface area (Å²) in [5, 5.41) is 4.37. The van der Waals surface area contributed by atoms with Gasteiger partial charge in [-0.15, -0.1) is 0 Å². The molecule has 4 aliphatic rings. The SMILES string of the molecule is COc1ccccc1[C@@H]1CN(C(=O)c2ccn(C)n2)[C@@H]2C3CCN(CC3)[C@@H]21. The van der Waals surface area contributed by atoms with E-state index in [2.05, 4.69) is 27.0 Å². The van der Waals surface area contributed by atoms with Gasteiger partial charge in [0.25, 0.3) is 5.91 Å². The minimum Gasteiger partial charge on any atom is -0.496 e. The van der Waals surface area contributed by atoms with Crippen LogP contribution in [0.25, 0.3) is 0 Å². The lowest BCUT2D eigenvalue weighted by Gasteiger charge is -2.51. The van der Waals surface area contributed by atoms with Crippen LogP contribution in [0.2, 0.25) is 0 Å². The molecule has 4 fully saturated rings. The van der Waals surface area contributed by atoms with Gasteiger partial charge in [-0.25, -0.2) is 0 Å². The first kappa shape index (κ1) is 16.8. The zero-order chi connectivity index (χ0) is 18.5. The van der Waals surface area contributed by atoms with E-state index in [4.69, 9.17) is 4.74 Å². The first-order valence-electron chi connectivity index (χ1n) is 9.85. The van der Waals surface area contributed by atoms with Crippen molar-refractivity contribution in [2.24, 2.45) is 13.0 Å². The van der Waals surface area contributed by atoms with Crippen LogP contribution in [0.15, 0.2) is 36.5 Å². The number of likely N-dealkylation sites (tertiary alicyclic amines) is 1. The number of fused-ring (bicyclic) bond motifs is 2. The molecule has 6 nitrogen and oxygen atoms in total. The molecule has 5 heterocycles. The highest BCUT2D eigenvalue weighted by Gasteiger charge is 2.55. The Bertz CT molecular complexity index is 855. The summed E-state index contributed by atoms with van der Waals surface area (Å²) in [5.74, 6) is 1.86. The van der Waals surface area contributed by atoms with Crippen molar-refractivity contribution in [3.63, 3.8) is 0 Å². The Kier molecular flexibility index (Phi) is 3.97. The molecule has 0 spiro atoms. The summed E-state index contributed by atoms with van der Waals surface area (Å²) in [4.78, 5) is 18.0. The van der Waals surface area contributed by atoms with Crippen LogP contribution in [0, 0.1) is 5.92 Å². The number of amides is 1. The highest BCUT2D eigenvalue weighted by Crippen LogP contribution is 2.48. The van der Waals surface area contributed by atoms with Gasteiger partial charge in [0.05, 0.1) is 13.2 Å². The fourth-order valence-electron chi connectivity index (χ4n) is 5.58. The zero-order valence-corrected chi connectivity index (χ0v) is 15.9. The third-order valence-corrected chi connectivity index (χ3v) is 6.73. The van der Waals surface area contributed by atoms with Gasteiger partial charge in [0, 0.05) is 37.3 Å². The van der Waals surface area contributed by atoms with Gasteiger partial charge in [0.2, 0.25) is 0 Å². The summed E-state index contributed by atoms with van der Waals surface area (Å²) in [6.45, 7) is 3.02. The topological polar surface area (TPSA) is 50.6 Å². The average Bonchev–Trinajstić information content (AvgIpc) is 3.33. The van der Waals surface area contributed by atoms with Crippen LogP contribution >= 0.6 is 0 Å². The van der Waals surface area contributed by atoms with Crippen molar-refractivity contribution in [1.29, 1.82) is 0 Å². The number of hydrogen-bond donors (Lipinski definition) is 0. The summed E-state index contributed by atoms with van der Waals surface area (Å²) in [5.41, 5.74) is 1.77. The number of carbonyl (C=O) groups excluding carboxylic acids is 1. The first-order chi connectivity index (χ1) is 13.2. The van der Waals surface area contributed by atoms with Crippen LogP contribution < -0.4 is 4.74 Å². The van der Waals surface area contributed by atoms with Crippen LogP contribution in [-0.4, -0.2) is 64.3 Å². The van der Waals surface area contributed by atoms with E-state index in [0.717, 1.165) is 25.4 Å². The molecule has 0 unspecified atom stereocenters. The molecular weight excluding hydrogens is 340 g/mol. The summed E-state index contributed by atoms with van der Waals surface area (Å²) in [7, 11) is 3.59. The molecular formula is C21H26N4O2. The van der Waals surface area contributed by atoms with Gasteiger partial charge in [0.15, 0.2) is 0 Å². The molecule has 6 heteroatoms. The molecule has 0 radical (unpaired) electrons. The maximum absolute atomic E-state index is 13.3. The number of para-hydroxylation sites is 1. The Morgan fingerprint density at radius 2 is 1.93 bits per heavy atom. The molecule has 1 aromatic carbocycles. The highest BCUT2D eigenvalue weighted by atomic mass is 16.5. The number of ether oxygens (including phenoxy) is 1. The maximum atomic E-state index is 13.3. The third-order valence-electron chi connectivity index (χ3n) is 6.73. The number of benzene rings is 1. The molecule has 3 atom stereocenters. The molecule has 0 saturated carbocycles. The molecule has 27 heavy (non-hydrogen) atoms. The maximum Gasteiger partial charge on any atom is 0.274 e. The molecule has 4 saturated heterocycles. The zero-order valence-electron chi connectivity index (χ0n) is 15.9. The van der Waals surface area contributed by atoms with Gasteiger partial charge in [-0.05, 0) is 44.0 Å². The Labute approximate surface area is 159 Å². The van der Waals surface area contributed by atoms with Crippen molar-refractivity contribution in [2.75, 3.05) is 26.7 Å². The van der Waals surface area contributed by atoms with Crippen molar-refractivity contribution in [2.45, 2.75) is 30.8 Å². The van der Waals surface area contributed by atoms with Crippen molar-refractivity contribution in [3.8, 4) is 5.75 Å². The number of piperidine rings is 3. The van der Waals surface area contributed by atoms with Crippen molar-refractivity contribution in [3.05, 3.63) is 47.8 Å². The lowest BCUT2D eigenvalue weighted by Crippen LogP contribution is -2.60. The number of rotatable bonds is 3. The quantitative estimate of drug-likeness (QED) is 0.835. The normalized spacial score (nSPS) is 31.8. The fraction of sp³-hybridized carbons (Fsp3) is 0.524. The van der Waals surface area contributed by atoms with E-state index in [1.165, 1.54) is 18.4 Å². The second kappa shape index (κ2) is 6.37. The second-order valence-electron chi connectivity index (χ2n) is 8.04. The van der Waals surface area contributed by atoms with Gasteiger partial charge >= 0.3 is 0 Å². The van der Waals surface area contributed by atoms with E-state index in [1.807, 2.05) is 31.4 Å². The minimum absolute atomic E-state index is 0.0664. The average molecular weight is 366 g/mol. The van der Waals surface area contributed by atoms with E-state index in [9.17, 15) is 4.79 Å². The van der Waals surface area contributed by atoms with Crippen molar-refractivity contribution >= 4 is 5.91 Å². The molecule has 1 aromatic heterocycles. The number of aromatic nitrogens is 2. The summed E-state index contributed by atoms with van der Waals surface area (Å²) >= 11 is 0. The molecule has 6 rings (SSSR count). The second-order valence-corrected chi connectivity index (χ2v) is 8.04. The van der Waals surface area contributed by atoms with Crippen molar-refractivity contribution in [1.82, 2.24) is 19.6 Å². The van der Waals surface area contributed by atoms with E-state index in [0.29, 0.717) is 17.7 Å². The van der Waals surface area contributed by atoms with Crippen LogP contribution in [0.5, 0.6) is 5.75 Å². The van der Waals surface area contributed by atoms with Gasteiger partial charge < -0.3 is 9.64 Å². The van der Waals surface area contributed by atoms with Crippen LogP contribution in [-0.2, 0) is 7.05 Å². The lowest BCUT2D eigenvalue weighted by molar-refractivity contribution is -0.00369. The minimum atomic E-state index is 0.0664. The summed E-state index contributed by atoms with van der Waals surface area (Å²) in [6, 6.07) is 10.8. The van der Waals surface area contributed by atoms with Crippen LogP contribution in [0.1, 0.15) is 34.8 Å². The van der Waals surface area contributed by atoms with E-state index >= 15 is 0 Å². The van der Waals surface area contributed by atoms with Crippen LogP contribution in [0.4, 0.5) is 0 Å². The predicted octanol–water partition coefficient (Wildman–Crippen LogP) is 2.13. The molecule has 142 valence electrons. The smallest absolute Gasteiger partial charge is 0.274 e. The van der Waals surface area contributed by atoms with Gasteiger partial charge in [-0.1, -0.05) is 18.2 Å². The summed E-state index contributed by atoms with van der Waals surface area (Å²) in [6.07, 6.45) is 4.21. The van der Waals surface area contributed by atoms with Gasteiger partial charge in [-0.2, -0.15) is 5.10 Å². The Morgan fingerprint density at radius 1 is 1.15 bits per heavy atom. The first-order valence-corrected chi connectivity index (χ1v) is 9.85. The fourth-order valence-corrected chi connectivity index (χ4v) is 5.58. The Hall–Kier alpha value is -2.34. The molecule has 4 aliphatic heterocycles. The molecule has 0 N–H and O–H groups in total. The molecule has 0 aliphatic carbocycles. The number of carbonyl (C=O) groups is 1. The molecule has 1 amide bonds. The predicted molar refractivity (Wildman–Crippen MR) is 102 cm³/mol. The summed E-state index contributed by atoms with van der Waals surface area (Å²) < 4.78 is 7.37. The molecule has 2 bridgehead atoms. The van der Waals surface area contributed by atoms with Gasteiger partial charge in [-0.3, -0.25) is 14.4 Å². The monoisotopic (exact) mass is 366 g/mol. The van der Waals surface area contributed by atoms with E-state index in [1.54, 1.807) is 11.8 Å². The third kappa shape index (κ3) is 2.57. The number of nitrogens with zero attached hydrogens (tertiary/aromatic N) is 4. The Balaban J connectivity index is 1.55. The van der Waals surface area contributed by atoms with Gasteiger partial charge in [0.1, 0.15) is 11.4 Å². The van der Waals surface area contributed by atoms with Crippen molar-refractivity contribution < 1.29 is 9.53 Å². The Morgan fingerprint density at radius 3 is 2.63 bits per heavy atom. The van der Waals surface area contributed by atoms with E-state index in [-0.39, 0.29) is 17.9 Å².